The van der Waals surface area contributed by atoms with Crippen molar-refractivity contribution in [2.24, 2.45) is 5.16 Å². The average molecular weight is 492 g/mol. The zero-order valence-electron chi connectivity index (χ0n) is 19.7. The molecule has 1 N–H and O–H groups in total. The van der Waals surface area contributed by atoms with Crippen LogP contribution >= 0.6 is 11.8 Å². The van der Waals surface area contributed by atoms with Gasteiger partial charge in [-0.25, -0.2) is 0 Å². The molecule has 0 saturated carbocycles. The van der Waals surface area contributed by atoms with E-state index < -0.39 is 5.97 Å². The van der Waals surface area contributed by atoms with E-state index in [1.165, 1.54) is 0 Å². The van der Waals surface area contributed by atoms with Crippen molar-refractivity contribution >= 4 is 23.4 Å². The minimum absolute atomic E-state index is 0.0267. The van der Waals surface area contributed by atoms with E-state index >= 15 is 0 Å². The number of carboxylic acid groups (broad SMARTS) is 1. The van der Waals surface area contributed by atoms with Crippen LogP contribution in [0.15, 0.2) is 72.0 Å². The van der Waals surface area contributed by atoms with Gasteiger partial charge in [-0.2, -0.15) is 0 Å². The number of carbonyl (C=O) groups is 1. The van der Waals surface area contributed by atoms with Crippen LogP contribution in [0.1, 0.15) is 16.7 Å². The highest BCUT2D eigenvalue weighted by molar-refractivity contribution is 7.99. The average Bonchev–Trinajstić information content (AvgIpc) is 3.39. The molecule has 4 rings (SSSR count). The molecular formula is C27H29N3O4S. The number of rotatable bonds is 11. The zero-order chi connectivity index (χ0) is 24.5. The van der Waals surface area contributed by atoms with Gasteiger partial charge in [-0.15, -0.1) is 11.8 Å². The minimum Gasteiger partial charge on any atom is -0.490 e. The summed E-state index contributed by atoms with van der Waals surface area (Å²) in [7, 11) is 0. The van der Waals surface area contributed by atoms with Crippen molar-refractivity contribution in [1.82, 2.24) is 9.88 Å². The summed E-state index contributed by atoms with van der Waals surface area (Å²) in [6.07, 6.45) is 1.77. The molecule has 2 heterocycles. The number of aromatic nitrogens is 1. The van der Waals surface area contributed by atoms with Crippen molar-refractivity contribution in [3.8, 4) is 17.0 Å². The molecular weight excluding hydrogens is 462 g/mol. The van der Waals surface area contributed by atoms with Crippen LogP contribution in [0.4, 0.5) is 0 Å². The summed E-state index contributed by atoms with van der Waals surface area (Å²) in [6, 6.07) is 19.6. The van der Waals surface area contributed by atoms with Crippen LogP contribution in [0.2, 0.25) is 0 Å². The Hall–Kier alpha value is -3.36. The molecule has 35 heavy (non-hydrogen) atoms. The summed E-state index contributed by atoms with van der Waals surface area (Å²) in [5.41, 5.74) is 5.46. The second-order valence-corrected chi connectivity index (χ2v) is 9.29. The summed E-state index contributed by atoms with van der Waals surface area (Å²) in [4.78, 5) is 23.5. The van der Waals surface area contributed by atoms with Crippen LogP contribution in [0.5, 0.6) is 5.75 Å². The summed E-state index contributed by atoms with van der Waals surface area (Å²) < 4.78 is 5.84. The monoisotopic (exact) mass is 491 g/mol. The third-order valence-electron chi connectivity index (χ3n) is 5.72. The lowest BCUT2D eigenvalue weighted by Crippen LogP contribution is -2.28. The highest BCUT2D eigenvalue weighted by Crippen LogP contribution is 2.22. The molecule has 0 amide bonds. The van der Waals surface area contributed by atoms with Crippen molar-refractivity contribution < 1.29 is 19.5 Å². The fourth-order valence-electron chi connectivity index (χ4n) is 3.81. The molecule has 1 fully saturated rings. The Kier molecular flexibility index (Phi) is 8.75. The number of pyridine rings is 1. The summed E-state index contributed by atoms with van der Waals surface area (Å²) in [5.74, 6) is 1.91. The van der Waals surface area contributed by atoms with E-state index in [0.717, 1.165) is 51.8 Å². The molecule has 1 aromatic heterocycles. The van der Waals surface area contributed by atoms with Gasteiger partial charge in [-0.05, 0) is 36.2 Å². The van der Waals surface area contributed by atoms with Crippen molar-refractivity contribution in [1.29, 1.82) is 0 Å². The minimum atomic E-state index is -0.861. The Morgan fingerprint density at radius 3 is 2.69 bits per heavy atom. The first-order valence-electron chi connectivity index (χ1n) is 11.5. The Bertz CT molecular complexity index is 1150. The second-order valence-electron chi connectivity index (χ2n) is 8.21. The molecule has 0 bridgehead atoms. The summed E-state index contributed by atoms with van der Waals surface area (Å²) >= 11 is 1.92. The Morgan fingerprint density at radius 2 is 1.97 bits per heavy atom. The van der Waals surface area contributed by atoms with Crippen molar-refractivity contribution in [3.05, 3.63) is 83.6 Å². The van der Waals surface area contributed by atoms with Crippen molar-refractivity contribution in [2.45, 2.75) is 13.3 Å². The van der Waals surface area contributed by atoms with Gasteiger partial charge >= 0.3 is 5.97 Å². The molecule has 0 spiro atoms. The van der Waals surface area contributed by atoms with Gasteiger partial charge in [0.1, 0.15) is 18.1 Å². The molecule has 0 unspecified atom stereocenters. The van der Waals surface area contributed by atoms with Crippen LogP contribution in [0.3, 0.4) is 0 Å². The lowest BCUT2D eigenvalue weighted by atomic mass is 10.1. The first-order chi connectivity index (χ1) is 17.1. The molecule has 1 aliphatic rings. The number of thioether (sulfide) groups is 1. The molecule has 3 aromatic rings. The molecule has 8 heteroatoms. The predicted molar refractivity (Wildman–Crippen MR) is 139 cm³/mol. The van der Waals surface area contributed by atoms with E-state index in [-0.39, 0.29) is 13.0 Å². The first-order valence-corrected chi connectivity index (χ1v) is 12.7. The Morgan fingerprint density at radius 1 is 1.11 bits per heavy atom. The van der Waals surface area contributed by atoms with E-state index in [9.17, 15) is 4.79 Å². The van der Waals surface area contributed by atoms with Crippen LogP contribution in [0.25, 0.3) is 11.3 Å². The molecule has 2 aromatic carbocycles. The molecule has 182 valence electrons. The standard InChI is InChI=1S/C27H29N3O4S/c1-20-23(17-27(31)32)5-4-7-26(20)33-14-15-34-29-25(18-30-13-16-35-19-30)22-10-8-21(9-11-22)24-6-2-3-12-28-24/h2-12H,13-19H2,1H3,(H,31,32)/b29-25+. The fourth-order valence-corrected chi connectivity index (χ4v) is 4.81. The quantitative estimate of drug-likeness (QED) is 0.240. The topological polar surface area (TPSA) is 84.2 Å². The van der Waals surface area contributed by atoms with E-state index in [1.54, 1.807) is 18.3 Å². The van der Waals surface area contributed by atoms with Crippen molar-refractivity contribution in [2.75, 3.05) is 37.9 Å². The lowest BCUT2D eigenvalue weighted by molar-refractivity contribution is -0.136. The largest absolute Gasteiger partial charge is 0.490 e. The normalized spacial score (nSPS) is 14.1. The smallest absolute Gasteiger partial charge is 0.307 e. The van der Waals surface area contributed by atoms with Gasteiger partial charge < -0.3 is 14.7 Å². The third kappa shape index (κ3) is 7.07. The molecule has 7 nitrogen and oxygen atoms in total. The molecule has 1 aliphatic heterocycles. The van der Waals surface area contributed by atoms with Crippen LogP contribution < -0.4 is 4.74 Å². The van der Waals surface area contributed by atoms with Crippen LogP contribution in [0, 0.1) is 6.92 Å². The maximum absolute atomic E-state index is 11.0. The van der Waals surface area contributed by atoms with Crippen LogP contribution in [-0.2, 0) is 16.1 Å². The van der Waals surface area contributed by atoms with Gasteiger partial charge in [0.05, 0.1) is 12.1 Å². The van der Waals surface area contributed by atoms with E-state index in [2.05, 4.69) is 39.3 Å². The number of nitrogens with zero attached hydrogens (tertiary/aromatic N) is 3. The Balaban J connectivity index is 1.39. The van der Waals surface area contributed by atoms with Crippen molar-refractivity contribution in [3.63, 3.8) is 0 Å². The van der Waals surface area contributed by atoms with Gasteiger partial charge in [0, 0.05) is 42.0 Å². The SMILES string of the molecule is Cc1c(CC(=O)O)cccc1OCCO/N=C(\CN1CCSC1)c1ccc(-c2ccccn2)cc1. The number of ether oxygens (including phenoxy) is 1. The van der Waals surface area contributed by atoms with Gasteiger partial charge in [0.25, 0.3) is 0 Å². The van der Waals surface area contributed by atoms with Gasteiger partial charge in [0.15, 0.2) is 6.61 Å². The third-order valence-corrected chi connectivity index (χ3v) is 6.74. The number of hydrogen-bond acceptors (Lipinski definition) is 7. The summed E-state index contributed by atoms with van der Waals surface area (Å²) in [6.45, 7) is 4.21. The highest BCUT2D eigenvalue weighted by atomic mass is 32.2. The fraction of sp³-hybridized carbons (Fsp3) is 0.296. The highest BCUT2D eigenvalue weighted by Gasteiger charge is 2.16. The Labute approximate surface area is 209 Å². The van der Waals surface area contributed by atoms with E-state index in [1.807, 2.05) is 43.0 Å². The number of carboxylic acids is 1. The number of aliphatic carboxylic acids is 1. The lowest BCUT2D eigenvalue weighted by Gasteiger charge is -2.16. The van der Waals surface area contributed by atoms with E-state index in [0.29, 0.717) is 18.9 Å². The molecule has 0 aliphatic carbocycles. The second kappa shape index (κ2) is 12.4. The summed E-state index contributed by atoms with van der Waals surface area (Å²) in [5, 5.41) is 13.5. The van der Waals surface area contributed by atoms with Gasteiger partial charge in [-0.1, -0.05) is 47.6 Å². The molecule has 0 atom stereocenters. The van der Waals surface area contributed by atoms with Crippen LogP contribution in [-0.4, -0.2) is 64.6 Å². The maximum atomic E-state index is 11.0. The zero-order valence-corrected chi connectivity index (χ0v) is 20.5. The van der Waals surface area contributed by atoms with E-state index in [4.69, 9.17) is 14.7 Å². The first kappa shape index (κ1) is 24.8. The number of oxime groups is 1. The number of hydrogen-bond donors (Lipinski definition) is 1. The molecule has 0 radical (unpaired) electrons. The van der Waals surface area contributed by atoms with Gasteiger partial charge in [-0.3, -0.25) is 14.7 Å². The number of benzene rings is 2. The predicted octanol–water partition coefficient (Wildman–Crippen LogP) is 4.49. The maximum Gasteiger partial charge on any atom is 0.307 e. The molecule has 1 saturated heterocycles. The van der Waals surface area contributed by atoms with Gasteiger partial charge in [0.2, 0.25) is 0 Å².